The summed E-state index contributed by atoms with van der Waals surface area (Å²) in [4.78, 5) is -1.89. The summed E-state index contributed by atoms with van der Waals surface area (Å²) < 4.78 is 297. The van der Waals surface area contributed by atoms with E-state index in [0.29, 0.717) is 48.5 Å². The molecule has 0 aliphatic carbocycles. The summed E-state index contributed by atoms with van der Waals surface area (Å²) in [5.74, 6) is -23.4. The maximum atomic E-state index is 16.7. The first-order valence-electron chi connectivity index (χ1n) is 17.7. The Morgan fingerprint density at radius 2 is 0.629 bits per heavy atom. The standard InChI is InChI=1S/C40H20F14O10S4.2Li/c41-27-25(33(31(45)35(29(27)43)63-19-7-3-1-4-8-19)61-21-11-15-23(16-12-21)65-37(47,48)39(51,52)67(55,56)57)26-28(42)30(44)36(64-20-9-5-2-6-10-20)32(46)34(26)62-22-13-17-24(18-14-22)66-38(49,50)40(53,54)68(58,59)60;;/h1-18H,(H,55,56,57)(H,58,59,60);;/q;2*+1/p-2. The van der Waals surface area contributed by atoms with Crippen molar-refractivity contribution in [2.45, 2.75) is 30.8 Å². The molecule has 30 heteroatoms. The van der Waals surface area contributed by atoms with Gasteiger partial charge in [0.2, 0.25) is 34.8 Å². The molecule has 0 saturated heterocycles. The Kier molecular flexibility index (Phi) is 17.8. The van der Waals surface area contributed by atoms with E-state index in [4.69, 9.17) is 18.9 Å². The molecular weight excluding hydrogens is 1050 g/mol. The van der Waals surface area contributed by atoms with Crippen molar-refractivity contribution in [3.05, 3.63) is 144 Å². The third kappa shape index (κ3) is 11.6. The van der Waals surface area contributed by atoms with E-state index >= 15 is 26.3 Å². The smallest absolute Gasteiger partial charge is 0.743 e. The average Bonchev–Trinajstić information content (AvgIpc) is 3.26. The van der Waals surface area contributed by atoms with Crippen LogP contribution in [-0.2, 0) is 20.2 Å². The van der Waals surface area contributed by atoms with Crippen LogP contribution in [0.25, 0.3) is 11.1 Å². The van der Waals surface area contributed by atoms with Crippen LogP contribution < -0.4 is 56.7 Å². The van der Waals surface area contributed by atoms with Crippen molar-refractivity contribution in [3.8, 4) is 57.1 Å². The van der Waals surface area contributed by atoms with Crippen molar-refractivity contribution >= 4 is 43.8 Å². The van der Waals surface area contributed by atoms with Gasteiger partial charge in [-0.05, 0) is 96.3 Å². The summed E-state index contributed by atoms with van der Waals surface area (Å²) in [6.07, 6.45) is 0. The van der Waals surface area contributed by atoms with Crippen molar-refractivity contribution < 1.29 is 144 Å². The predicted molar refractivity (Wildman–Crippen MR) is 209 cm³/mol. The second-order valence-corrected chi connectivity index (χ2v) is 18.3. The molecule has 0 aliphatic rings. The van der Waals surface area contributed by atoms with Crippen LogP contribution in [0.15, 0.2) is 119 Å². The third-order valence-electron chi connectivity index (χ3n) is 8.54. The van der Waals surface area contributed by atoms with Gasteiger partial charge >= 0.3 is 58.7 Å². The van der Waals surface area contributed by atoms with Crippen molar-refractivity contribution in [3.63, 3.8) is 0 Å². The summed E-state index contributed by atoms with van der Waals surface area (Å²) >= 11 is -2.34. The van der Waals surface area contributed by atoms with Crippen molar-refractivity contribution in [2.24, 2.45) is 0 Å². The topological polar surface area (TPSA) is 151 Å². The first-order valence-corrected chi connectivity index (χ1v) is 22.2. The molecule has 0 N–H and O–H groups in total. The minimum Gasteiger partial charge on any atom is -0.743 e. The first-order chi connectivity index (χ1) is 31.5. The van der Waals surface area contributed by atoms with Crippen LogP contribution in [0.1, 0.15) is 0 Å². The van der Waals surface area contributed by atoms with Gasteiger partial charge in [0.15, 0.2) is 43.4 Å². The molecule has 10 nitrogen and oxygen atoms in total. The molecule has 0 unspecified atom stereocenters. The van der Waals surface area contributed by atoms with Gasteiger partial charge in [0.05, 0.1) is 11.1 Å². The Balaban J connectivity index is 0.00000533. The fraction of sp³-hybridized carbons (Fsp3) is 0.100. The third-order valence-corrected chi connectivity index (χ3v) is 12.6. The molecule has 0 bridgehead atoms. The molecule has 0 aromatic heterocycles. The fourth-order valence-electron chi connectivity index (χ4n) is 5.36. The molecule has 0 fully saturated rings. The summed E-state index contributed by atoms with van der Waals surface area (Å²) in [5, 5.41) is -23.6. The Morgan fingerprint density at radius 3 is 0.900 bits per heavy atom. The molecule has 362 valence electrons. The molecule has 0 amide bonds. The zero-order valence-electron chi connectivity index (χ0n) is 34.4. The zero-order chi connectivity index (χ0) is 50.4. The van der Waals surface area contributed by atoms with E-state index in [0.717, 1.165) is 24.3 Å². The van der Waals surface area contributed by atoms with Crippen LogP contribution in [0.3, 0.4) is 0 Å². The molecule has 0 spiro atoms. The average molecular weight is 1070 g/mol. The molecule has 0 saturated carbocycles. The fourth-order valence-corrected chi connectivity index (χ4v) is 8.18. The molecule has 0 heterocycles. The summed E-state index contributed by atoms with van der Waals surface area (Å²) in [6, 6.07) is 16.1. The monoisotopic (exact) mass is 1070 g/mol. The van der Waals surface area contributed by atoms with Gasteiger partial charge in [0.1, 0.15) is 23.0 Å². The maximum absolute atomic E-state index is 16.7. The van der Waals surface area contributed by atoms with E-state index in [9.17, 15) is 61.1 Å². The SMILES string of the molecule is O=S(=O)([O-])C(F)(F)C(F)(F)Sc1ccc(Oc2c(F)c(Oc3ccccc3)c(F)c(F)c2-c2c(F)c(F)c(Oc3ccccc3)c(F)c2Oc2ccc(SC(F)(F)C(F)(F)S(=O)(=O)[O-])cc2)cc1.[Li+].[Li+]. The molecule has 0 atom stereocenters. The maximum Gasteiger partial charge on any atom is 1.00 e. The number of para-hydroxylation sites is 2. The number of thioether (sulfide) groups is 2. The number of hydrogen-bond donors (Lipinski definition) is 0. The number of benzene rings is 6. The van der Waals surface area contributed by atoms with Crippen LogP contribution in [0.5, 0.6) is 46.0 Å². The van der Waals surface area contributed by atoms with Crippen LogP contribution in [0, 0.1) is 34.9 Å². The molecule has 70 heavy (non-hydrogen) atoms. The van der Waals surface area contributed by atoms with Crippen LogP contribution >= 0.6 is 23.5 Å². The van der Waals surface area contributed by atoms with E-state index in [1.54, 1.807) is 0 Å². The second-order valence-electron chi connectivity index (χ2n) is 13.1. The van der Waals surface area contributed by atoms with E-state index in [1.807, 2.05) is 0 Å². The summed E-state index contributed by atoms with van der Waals surface area (Å²) in [7, 11) is -13.9. The van der Waals surface area contributed by atoms with Gasteiger partial charge in [-0.1, -0.05) is 36.4 Å². The van der Waals surface area contributed by atoms with E-state index in [1.165, 1.54) is 36.4 Å². The number of hydrogen-bond acceptors (Lipinski definition) is 12. The summed E-state index contributed by atoms with van der Waals surface area (Å²) in [6.45, 7) is 0. The minimum atomic E-state index is -6.95. The Bertz CT molecular complexity index is 2890. The Labute approximate surface area is 417 Å². The Morgan fingerprint density at radius 1 is 0.371 bits per heavy atom. The number of ether oxygens (including phenoxy) is 4. The predicted octanol–water partition coefficient (Wildman–Crippen LogP) is 7.01. The van der Waals surface area contributed by atoms with Crippen LogP contribution in [0.4, 0.5) is 61.5 Å². The molecule has 6 aromatic carbocycles. The van der Waals surface area contributed by atoms with Gasteiger partial charge in [0, 0.05) is 9.79 Å². The normalized spacial score (nSPS) is 12.4. The van der Waals surface area contributed by atoms with Gasteiger partial charge in [-0.2, -0.15) is 52.7 Å². The first kappa shape index (κ1) is 57.8. The largest absolute Gasteiger partial charge is 1.00 e. The van der Waals surface area contributed by atoms with Crippen LogP contribution in [0.2, 0.25) is 0 Å². The number of halogens is 14. The minimum absolute atomic E-state index is 0. The van der Waals surface area contributed by atoms with Gasteiger partial charge in [-0.25, -0.2) is 25.6 Å². The van der Waals surface area contributed by atoms with Crippen molar-refractivity contribution in [1.82, 2.24) is 0 Å². The number of rotatable bonds is 17. The number of alkyl halides is 8. The molecule has 0 aliphatic heterocycles. The van der Waals surface area contributed by atoms with E-state index in [-0.39, 0.29) is 37.7 Å². The second kappa shape index (κ2) is 21.5. The van der Waals surface area contributed by atoms with Gasteiger partial charge in [0.25, 0.3) is 0 Å². The van der Waals surface area contributed by atoms with Gasteiger partial charge in [-0.3, -0.25) is 0 Å². The molecule has 6 aromatic rings. The van der Waals surface area contributed by atoms with Crippen LogP contribution in [-0.4, -0.2) is 47.0 Å². The zero-order valence-corrected chi connectivity index (χ0v) is 37.7. The van der Waals surface area contributed by atoms with E-state index < -0.39 is 167 Å². The molecular formula is C40H18F14Li2O10S4. The quantitative estimate of drug-likeness (QED) is 0.0304. The molecule has 0 radical (unpaired) electrons. The van der Waals surface area contributed by atoms with Crippen molar-refractivity contribution in [2.75, 3.05) is 0 Å². The summed E-state index contributed by atoms with van der Waals surface area (Å²) in [5.41, 5.74) is -3.81. The van der Waals surface area contributed by atoms with Gasteiger partial charge < -0.3 is 28.1 Å². The van der Waals surface area contributed by atoms with Crippen molar-refractivity contribution in [1.29, 1.82) is 0 Å². The molecule has 6 rings (SSSR count). The Hall–Kier alpha value is -4.75. The van der Waals surface area contributed by atoms with E-state index in [2.05, 4.69) is 0 Å². The van der Waals surface area contributed by atoms with Gasteiger partial charge in [-0.15, -0.1) is 0 Å².